The fourth-order valence-electron chi connectivity index (χ4n) is 7.76. The zero-order chi connectivity index (χ0) is 25.6. The van der Waals surface area contributed by atoms with Gasteiger partial charge in [0.2, 0.25) is 5.12 Å². The minimum absolute atomic E-state index is 0.0314. The summed E-state index contributed by atoms with van der Waals surface area (Å²) in [6.45, 7) is 4.96. The number of aliphatic hydroxyl groups excluding tert-OH is 1. The molecule has 0 aliphatic heterocycles. The molecule has 9 atom stereocenters. The van der Waals surface area contributed by atoms with Crippen LogP contribution < -0.4 is 0 Å². The molecule has 3 saturated carbocycles. The molecular formula is C25H27F2NO5S2. The maximum absolute atomic E-state index is 17.3. The minimum atomic E-state index is -2.28. The zero-order valence-corrected chi connectivity index (χ0v) is 21.2. The third-order valence-corrected chi connectivity index (χ3v) is 10.3. The Morgan fingerprint density at radius 2 is 2.00 bits per heavy atom. The summed E-state index contributed by atoms with van der Waals surface area (Å²) in [5, 5.41) is 12.3. The second-order valence-corrected chi connectivity index (χ2v) is 11.9. The van der Waals surface area contributed by atoms with Crippen LogP contribution in [0.4, 0.5) is 8.78 Å². The van der Waals surface area contributed by atoms with Gasteiger partial charge in [-0.3, -0.25) is 9.59 Å². The number of hydrogen-bond acceptors (Lipinski definition) is 7. The molecule has 0 unspecified atom stereocenters. The molecule has 10 heteroatoms. The summed E-state index contributed by atoms with van der Waals surface area (Å²) >= 11 is 5.19. The number of carbonyl (C=O) groups excluding carboxylic acids is 3. The molecule has 188 valence electrons. The lowest BCUT2D eigenvalue weighted by molar-refractivity contribution is -0.221. The third kappa shape index (κ3) is 2.96. The van der Waals surface area contributed by atoms with Gasteiger partial charge in [-0.2, -0.15) is 4.37 Å². The van der Waals surface area contributed by atoms with Gasteiger partial charge in [0.15, 0.2) is 22.7 Å². The van der Waals surface area contributed by atoms with Crippen molar-refractivity contribution in [3.63, 3.8) is 0 Å². The molecule has 3 fully saturated rings. The lowest BCUT2D eigenvalue weighted by Gasteiger charge is -2.63. The van der Waals surface area contributed by atoms with Crippen molar-refractivity contribution in [1.82, 2.24) is 4.37 Å². The summed E-state index contributed by atoms with van der Waals surface area (Å²) in [6, 6.07) is 1.48. The van der Waals surface area contributed by atoms with Gasteiger partial charge in [-0.15, -0.1) is 12.6 Å². The molecule has 0 amide bonds. The first kappa shape index (κ1) is 24.8. The lowest BCUT2D eigenvalue weighted by Crippen LogP contribution is -2.70. The van der Waals surface area contributed by atoms with Gasteiger partial charge in [0.05, 0.1) is 6.10 Å². The number of alkyl halides is 2. The van der Waals surface area contributed by atoms with E-state index >= 15 is 8.78 Å². The number of thiol groups is 1. The smallest absolute Gasteiger partial charge is 0.359 e. The Morgan fingerprint density at radius 1 is 1.29 bits per heavy atom. The van der Waals surface area contributed by atoms with Crippen molar-refractivity contribution in [2.75, 3.05) is 0 Å². The second-order valence-electron chi connectivity index (χ2n) is 10.8. The number of esters is 1. The molecule has 1 N–H and O–H groups in total. The first-order chi connectivity index (χ1) is 16.3. The predicted octanol–water partition coefficient (Wildman–Crippen LogP) is 4.06. The largest absolute Gasteiger partial charge is 0.444 e. The van der Waals surface area contributed by atoms with Crippen LogP contribution in [0, 0.1) is 28.6 Å². The van der Waals surface area contributed by atoms with Crippen LogP contribution in [0.25, 0.3) is 0 Å². The Hall–Kier alpha value is -1.91. The number of carbonyl (C=O) groups is 3. The molecule has 4 aliphatic carbocycles. The SMILES string of the molecule is C[C@@H]1C[C@H]2[C@@H]3C[C@H](F)C4=CC(=O)C=C[C@]4(C)[C@@]3(F)[C@@H](O)C[C@]2(C)[C@@]1(OC(=O)c1ccsn1)C(=O)S. The van der Waals surface area contributed by atoms with E-state index in [2.05, 4.69) is 17.0 Å². The number of ketones is 1. The second kappa shape index (κ2) is 7.79. The van der Waals surface area contributed by atoms with E-state index in [4.69, 9.17) is 4.74 Å². The van der Waals surface area contributed by atoms with Crippen molar-refractivity contribution in [2.24, 2.45) is 28.6 Å². The summed E-state index contributed by atoms with van der Waals surface area (Å²) in [7, 11) is 0. The van der Waals surface area contributed by atoms with E-state index in [1.807, 2.05) is 0 Å². The fraction of sp³-hybridized carbons (Fsp3) is 0.600. The molecule has 6 nitrogen and oxygen atoms in total. The molecule has 5 rings (SSSR count). The van der Waals surface area contributed by atoms with E-state index in [-0.39, 0.29) is 30.5 Å². The molecule has 0 saturated heterocycles. The Kier molecular flexibility index (Phi) is 5.51. The number of hydrogen-bond donors (Lipinski definition) is 2. The standard InChI is InChI=1S/C25H27F2NO5S2/c1-12-8-14-15-10-17(26)16-9-13(29)4-6-22(16,2)24(15,27)19(30)11-23(14,3)25(12,21(32)34)33-20(31)18-5-7-35-28-18/h4-7,9,12,14-15,17,19,30H,8,10-11H2,1-3H3,(H,32,34)/t12-,14+,15+,17+,19+,22+,23+,24+,25+/m1/s1. The van der Waals surface area contributed by atoms with Gasteiger partial charge in [-0.1, -0.05) is 19.9 Å². The van der Waals surface area contributed by atoms with Crippen LogP contribution in [-0.4, -0.2) is 49.9 Å². The summed E-state index contributed by atoms with van der Waals surface area (Å²) in [4.78, 5) is 38.1. The summed E-state index contributed by atoms with van der Waals surface area (Å²) in [5.74, 6) is -3.35. The van der Waals surface area contributed by atoms with Crippen LogP contribution in [0.15, 0.2) is 35.2 Å². The maximum Gasteiger partial charge on any atom is 0.359 e. The van der Waals surface area contributed by atoms with Crippen LogP contribution in [0.1, 0.15) is 50.5 Å². The van der Waals surface area contributed by atoms with E-state index in [1.54, 1.807) is 19.2 Å². The Balaban J connectivity index is 1.62. The molecule has 1 aromatic heterocycles. The Labute approximate surface area is 211 Å². The van der Waals surface area contributed by atoms with E-state index in [0.717, 1.165) is 17.6 Å². The van der Waals surface area contributed by atoms with Gasteiger partial charge in [0.25, 0.3) is 0 Å². The molecule has 35 heavy (non-hydrogen) atoms. The molecule has 1 heterocycles. The van der Waals surface area contributed by atoms with Gasteiger partial charge in [-0.05, 0) is 67.4 Å². The highest BCUT2D eigenvalue weighted by Gasteiger charge is 2.78. The van der Waals surface area contributed by atoms with Crippen molar-refractivity contribution < 1.29 is 33.0 Å². The van der Waals surface area contributed by atoms with Gasteiger partial charge >= 0.3 is 5.97 Å². The van der Waals surface area contributed by atoms with Gasteiger partial charge < -0.3 is 9.84 Å². The van der Waals surface area contributed by atoms with E-state index in [9.17, 15) is 19.5 Å². The number of allylic oxidation sites excluding steroid dienone is 4. The molecule has 0 radical (unpaired) electrons. The van der Waals surface area contributed by atoms with Gasteiger partial charge in [0.1, 0.15) is 6.17 Å². The van der Waals surface area contributed by atoms with Crippen molar-refractivity contribution in [3.8, 4) is 0 Å². The average Bonchev–Trinajstić information content (AvgIpc) is 3.39. The first-order valence-electron chi connectivity index (χ1n) is 11.7. The monoisotopic (exact) mass is 523 g/mol. The van der Waals surface area contributed by atoms with E-state index < -0.39 is 69.0 Å². The molecule has 4 aliphatic rings. The topological polar surface area (TPSA) is 93.6 Å². The van der Waals surface area contributed by atoms with Crippen molar-refractivity contribution in [2.45, 2.75) is 63.6 Å². The Morgan fingerprint density at radius 3 is 2.63 bits per heavy atom. The minimum Gasteiger partial charge on any atom is -0.444 e. The summed E-state index contributed by atoms with van der Waals surface area (Å²) in [6.07, 6.45) is 0.349. The number of aromatic nitrogens is 1. The predicted molar refractivity (Wildman–Crippen MR) is 127 cm³/mol. The number of rotatable bonds is 3. The molecule has 0 aromatic carbocycles. The summed E-state index contributed by atoms with van der Waals surface area (Å²) < 4.78 is 42.7. The van der Waals surface area contributed by atoms with E-state index in [0.29, 0.717) is 0 Å². The van der Waals surface area contributed by atoms with Crippen molar-refractivity contribution >= 4 is 41.0 Å². The van der Waals surface area contributed by atoms with Crippen LogP contribution in [0.2, 0.25) is 0 Å². The average molecular weight is 524 g/mol. The highest BCUT2D eigenvalue weighted by Crippen LogP contribution is 2.71. The third-order valence-electron chi connectivity index (χ3n) is 9.39. The quantitative estimate of drug-likeness (QED) is 0.459. The highest BCUT2D eigenvalue weighted by molar-refractivity contribution is 7.96. The molecule has 1 aromatic rings. The molecule has 0 bridgehead atoms. The number of ether oxygens (including phenoxy) is 1. The van der Waals surface area contributed by atoms with E-state index in [1.165, 1.54) is 25.1 Å². The highest BCUT2D eigenvalue weighted by atomic mass is 32.1. The number of fused-ring (bicyclic) bond motifs is 5. The van der Waals surface area contributed by atoms with Crippen molar-refractivity contribution in [3.05, 3.63) is 40.9 Å². The lowest BCUT2D eigenvalue weighted by atomic mass is 9.44. The van der Waals surface area contributed by atoms with Gasteiger partial charge in [0, 0.05) is 28.0 Å². The van der Waals surface area contributed by atoms with Crippen LogP contribution >= 0.6 is 24.2 Å². The van der Waals surface area contributed by atoms with Crippen LogP contribution in [-0.2, 0) is 14.3 Å². The normalized spacial score (nSPS) is 46.3. The molecular weight excluding hydrogens is 496 g/mol. The number of aliphatic hydroxyl groups is 1. The number of halogens is 2. The fourth-order valence-corrected chi connectivity index (χ4v) is 8.78. The van der Waals surface area contributed by atoms with Crippen LogP contribution in [0.3, 0.4) is 0 Å². The zero-order valence-electron chi connectivity index (χ0n) is 19.5. The molecule has 0 spiro atoms. The maximum atomic E-state index is 17.3. The summed E-state index contributed by atoms with van der Waals surface area (Å²) in [5.41, 5.74) is -6.70. The Bertz CT molecular complexity index is 1170. The van der Waals surface area contributed by atoms with Crippen molar-refractivity contribution in [1.29, 1.82) is 0 Å². The first-order valence-corrected chi connectivity index (χ1v) is 12.9. The van der Waals surface area contributed by atoms with Gasteiger partial charge in [-0.25, -0.2) is 13.6 Å². The van der Waals surface area contributed by atoms with Crippen LogP contribution in [0.5, 0.6) is 0 Å². The number of nitrogens with zero attached hydrogens (tertiary/aromatic N) is 1.